The van der Waals surface area contributed by atoms with Crippen LogP contribution in [0.15, 0.2) is 42.5 Å². The number of hydrogen-bond donors (Lipinski definition) is 0. The molecule has 0 unspecified atom stereocenters. The van der Waals surface area contributed by atoms with Gasteiger partial charge in [-0.3, -0.25) is 14.5 Å². The molecule has 2 fully saturated rings. The molecule has 0 N–H and O–H groups in total. The van der Waals surface area contributed by atoms with Crippen LogP contribution in [0.1, 0.15) is 44.6 Å². The molecular weight excluding hydrogens is 406 g/mol. The van der Waals surface area contributed by atoms with Crippen LogP contribution in [0, 0.1) is 6.92 Å². The highest BCUT2D eigenvalue weighted by molar-refractivity contribution is 7.21. The average Bonchev–Trinajstić information content (AvgIpc) is 3.33. The van der Waals surface area contributed by atoms with E-state index < -0.39 is 0 Å². The van der Waals surface area contributed by atoms with Crippen LogP contribution in [0.3, 0.4) is 0 Å². The van der Waals surface area contributed by atoms with Gasteiger partial charge in [0.25, 0.3) is 5.91 Å². The molecule has 3 heterocycles. The van der Waals surface area contributed by atoms with Gasteiger partial charge in [-0.15, -0.1) is 11.3 Å². The highest BCUT2D eigenvalue weighted by Crippen LogP contribution is 2.34. The molecule has 0 spiro atoms. The van der Waals surface area contributed by atoms with E-state index in [1.54, 1.807) is 11.3 Å². The Kier molecular flexibility index (Phi) is 5.36. The maximum Gasteiger partial charge on any atom is 0.251 e. The molecule has 160 valence electrons. The van der Waals surface area contributed by atoms with Crippen molar-refractivity contribution >= 4 is 39.1 Å². The number of thiazole rings is 1. The second kappa shape index (κ2) is 8.17. The van der Waals surface area contributed by atoms with E-state index in [1.165, 1.54) is 21.6 Å². The standard InChI is InChI=1S/C25H27N3O2S/c1-3-18-6-4-5-13-27(18)21-15-23(29)28(25(21)30)19-10-8-17(9-11-19)24-26-20-12-7-16(2)14-22(20)31-24/h7-12,14,18,21H,3-6,13,15H2,1-2H3/t18-,21+/m0/s1. The Morgan fingerprint density at radius 3 is 2.68 bits per heavy atom. The number of piperidine rings is 1. The molecule has 1 aromatic heterocycles. The minimum atomic E-state index is -0.315. The number of likely N-dealkylation sites (tertiary alicyclic amines) is 1. The van der Waals surface area contributed by atoms with Gasteiger partial charge in [0.2, 0.25) is 5.91 Å². The number of aryl methyl sites for hydroxylation is 1. The van der Waals surface area contributed by atoms with Crippen LogP contribution in [0.2, 0.25) is 0 Å². The summed E-state index contributed by atoms with van der Waals surface area (Å²) < 4.78 is 1.17. The largest absolute Gasteiger partial charge is 0.289 e. The number of benzene rings is 2. The van der Waals surface area contributed by atoms with E-state index in [4.69, 9.17) is 4.98 Å². The molecule has 2 saturated heterocycles. The lowest BCUT2D eigenvalue weighted by Gasteiger charge is -2.38. The van der Waals surface area contributed by atoms with Crippen LogP contribution >= 0.6 is 11.3 Å². The van der Waals surface area contributed by atoms with Gasteiger partial charge in [0.05, 0.1) is 28.4 Å². The Hall–Kier alpha value is -2.57. The first-order chi connectivity index (χ1) is 15.0. The van der Waals surface area contributed by atoms with Crippen LogP contribution in [0.5, 0.6) is 0 Å². The summed E-state index contributed by atoms with van der Waals surface area (Å²) in [5.74, 6) is -0.174. The average molecular weight is 434 g/mol. The molecular formula is C25H27N3O2S. The molecule has 0 bridgehead atoms. The monoisotopic (exact) mass is 433 g/mol. The van der Waals surface area contributed by atoms with E-state index in [2.05, 4.69) is 30.9 Å². The summed E-state index contributed by atoms with van der Waals surface area (Å²) in [6.45, 7) is 5.16. The number of anilines is 1. The van der Waals surface area contributed by atoms with E-state index in [0.29, 0.717) is 11.7 Å². The molecule has 2 amide bonds. The van der Waals surface area contributed by atoms with E-state index >= 15 is 0 Å². The first-order valence-electron chi connectivity index (χ1n) is 11.2. The van der Waals surface area contributed by atoms with Crippen molar-refractivity contribution in [1.29, 1.82) is 0 Å². The fraction of sp³-hybridized carbons (Fsp3) is 0.400. The zero-order valence-electron chi connectivity index (χ0n) is 18.0. The van der Waals surface area contributed by atoms with Crippen LogP contribution < -0.4 is 4.90 Å². The Morgan fingerprint density at radius 2 is 1.90 bits per heavy atom. The zero-order chi connectivity index (χ0) is 21.5. The van der Waals surface area contributed by atoms with Crippen LogP contribution in [0.4, 0.5) is 5.69 Å². The molecule has 6 heteroatoms. The molecule has 31 heavy (non-hydrogen) atoms. The smallest absolute Gasteiger partial charge is 0.251 e. The third-order valence-electron chi connectivity index (χ3n) is 6.58. The number of nitrogens with zero attached hydrogens (tertiary/aromatic N) is 3. The van der Waals surface area contributed by atoms with Gasteiger partial charge in [-0.1, -0.05) is 19.4 Å². The Balaban J connectivity index is 1.38. The molecule has 2 aliphatic rings. The topological polar surface area (TPSA) is 53.5 Å². The number of aromatic nitrogens is 1. The fourth-order valence-corrected chi connectivity index (χ4v) is 6.00. The zero-order valence-corrected chi connectivity index (χ0v) is 18.8. The lowest BCUT2D eigenvalue weighted by molar-refractivity contribution is -0.123. The number of fused-ring (bicyclic) bond motifs is 1. The quantitative estimate of drug-likeness (QED) is 0.533. The lowest BCUT2D eigenvalue weighted by Crippen LogP contribution is -2.49. The second-order valence-corrected chi connectivity index (χ2v) is 9.65. The van der Waals surface area contributed by atoms with E-state index in [0.717, 1.165) is 41.9 Å². The molecule has 2 atom stereocenters. The van der Waals surface area contributed by atoms with Crippen LogP contribution in [-0.4, -0.2) is 40.3 Å². The van der Waals surface area contributed by atoms with Crippen molar-refractivity contribution in [3.05, 3.63) is 48.0 Å². The molecule has 5 nitrogen and oxygen atoms in total. The van der Waals surface area contributed by atoms with Gasteiger partial charge >= 0.3 is 0 Å². The first kappa shape index (κ1) is 20.3. The van der Waals surface area contributed by atoms with Crippen molar-refractivity contribution in [3.63, 3.8) is 0 Å². The van der Waals surface area contributed by atoms with Crippen molar-refractivity contribution in [3.8, 4) is 10.6 Å². The minimum Gasteiger partial charge on any atom is -0.289 e. The second-order valence-electron chi connectivity index (χ2n) is 8.62. The number of imide groups is 1. The summed E-state index contributed by atoms with van der Waals surface area (Å²) in [5.41, 5.74) is 3.87. The van der Waals surface area contributed by atoms with Crippen molar-refractivity contribution in [2.75, 3.05) is 11.4 Å². The summed E-state index contributed by atoms with van der Waals surface area (Å²) in [7, 11) is 0. The molecule has 0 aliphatic carbocycles. The molecule has 3 aromatic rings. The van der Waals surface area contributed by atoms with Crippen molar-refractivity contribution in [1.82, 2.24) is 9.88 Å². The van der Waals surface area contributed by atoms with Crippen LogP contribution in [-0.2, 0) is 9.59 Å². The SMILES string of the molecule is CC[C@H]1CCCCN1[C@@H]1CC(=O)N(c2ccc(-c3nc4ccc(C)cc4s3)cc2)C1=O. The maximum absolute atomic E-state index is 13.2. The van der Waals surface area contributed by atoms with Crippen molar-refractivity contribution in [2.45, 2.75) is 58.0 Å². The predicted octanol–water partition coefficient (Wildman–Crippen LogP) is 5.17. The van der Waals surface area contributed by atoms with E-state index in [-0.39, 0.29) is 24.3 Å². The van der Waals surface area contributed by atoms with Gasteiger partial charge in [0, 0.05) is 11.6 Å². The van der Waals surface area contributed by atoms with Gasteiger partial charge in [0.15, 0.2) is 0 Å². The Labute approximate surface area is 186 Å². The summed E-state index contributed by atoms with van der Waals surface area (Å²) in [6.07, 6.45) is 4.73. The molecule has 0 radical (unpaired) electrons. The van der Waals surface area contributed by atoms with Gasteiger partial charge in [0.1, 0.15) is 5.01 Å². The van der Waals surface area contributed by atoms with E-state index in [1.807, 2.05) is 30.3 Å². The fourth-order valence-electron chi connectivity index (χ4n) is 4.93. The maximum atomic E-state index is 13.2. The minimum absolute atomic E-state index is 0.0754. The molecule has 5 rings (SSSR count). The van der Waals surface area contributed by atoms with Gasteiger partial charge in [-0.25, -0.2) is 9.88 Å². The Morgan fingerprint density at radius 1 is 1.10 bits per heavy atom. The number of carbonyl (C=O) groups excluding carboxylic acids is 2. The normalized spacial score (nSPS) is 22.6. The third-order valence-corrected chi connectivity index (χ3v) is 7.65. The summed E-state index contributed by atoms with van der Waals surface area (Å²) in [6, 6.07) is 14.0. The van der Waals surface area contributed by atoms with Gasteiger partial charge < -0.3 is 0 Å². The van der Waals surface area contributed by atoms with Crippen LogP contribution in [0.25, 0.3) is 20.8 Å². The first-order valence-corrected chi connectivity index (χ1v) is 12.0. The summed E-state index contributed by atoms with van der Waals surface area (Å²) in [5, 5.41) is 0.947. The highest BCUT2D eigenvalue weighted by atomic mass is 32.1. The number of rotatable bonds is 4. The summed E-state index contributed by atoms with van der Waals surface area (Å²) in [4.78, 5) is 34.4. The van der Waals surface area contributed by atoms with Gasteiger partial charge in [-0.05, 0) is 74.7 Å². The summed E-state index contributed by atoms with van der Waals surface area (Å²) >= 11 is 1.66. The van der Waals surface area contributed by atoms with Crippen molar-refractivity contribution < 1.29 is 9.59 Å². The lowest BCUT2D eigenvalue weighted by atomic mass is 9.97. The number of amides is 2. The molecule has 0 saturated carbocycles. The van der Waals surface area contributed by atoms with E-state index in [9.17, 15) is 9.59 Å². The Bertz CT molecular complexity index is 1140. The highest BCUT2D eigenvalue weighted by Gasteiger charge is 2.44. The third kappa shape index (κ3) is 3.68. The predicted molar refractivity (Wildman–Crippen MR) is 125 cm³/mol. The number of hydrogen-bond acceptors (Lipinski definition) is 5. The molecule has 2 aromatic carbocycles. The molecule has 2 aliphatic heterocycles. The van der Waals surface area contributed by atoms with Crippen molar-refractivity contribution in [2.24, 2.45) is 0 Å². The van der Waals surface area contributed by atoms with Gasteiger partial charge in [-0.2, -0.15) is 0 Å². The number of carbonyl (C=O) groups is 2.